The van der Waals surface area contributed by atoms with Gasteiger partial charge in [-0.2, -0.15) is 0 Å². The predicted octanol–water partition coefficient (Wildman–Crippen LogP) is 1.89. The second-order valence-electron chi connectivity index (χ2n) is 2.01. The van der Waals surface area contributed by atoms with E-state index < -0.39 is 0 Å². The number of aliphatic hydroxyl groups excluding tert-OH is 1. The molecule has 1 N–H and O–H groups in total. The number of allylic oxidation sites excluding steroid dienone is 3. The summed E-state index contributed by atoms with van der Waals surface area (Å²) in [7, 11) is 0. The lowest BCUT2D eigenvalue weighted by Crippen LogP contribution is -1.77. The van der Waals surface area contributed by atoms with Gasteiger partial charge >= 0.3 is 0 Å². The third-order valence-corrected chi connectivity index (χ3v) is 1.12. The Bertz CT molecular complexity index is 112. The smallest absolute Gasteiger partial charge is 0.0615 e. The summed E-state index contributed by atoms with van der Waals surface area (Å²) < 4.78 is 0. The van der Waals surface area contributed by atoms with Crippen molar-refractivity contribution >= 4 is 0 Å². The lowest BCUT2D eigenvalue weighted by atomic mass is 10.2. The van der Waals surface area contributed by atoms with Crippen LogP contribution in [0.1, 0.15) is 20.3 Å². The topological polar surface area (TPSA) is 20.2 Å². The highest BCUT2D eigenvalue weighted by atomic mass is 16.2. The molecule has 0 aliphatic heterocycles. The van der Waals surface area contributed by atoms with Crippen LogP contribution < -0.4 is 0 Å². The molecule has 0 aromatic carbocycles. The van der Waals surface area contributed by atoms with E-state index in [0.717, 1.165) is 6.42 Å². The molecule has 0 atom stereocenters. The van der Waals surface area contributed by atoms with E-state index >= 15 is 0 Å². The second-order valence-corrected chi connectivity index (χ2v) is 2.01. The fourth-order valence-electron chi connectivity index (χ4n) is 0.543. The van der Waals surface area contributed by atoms with Crippen LogP contribution in [0.25, 0.3) is 0 Å². The van der Waals surface area contributed by atoms with Gasteiger partial charge in [0.05, 0.1) is 6.61 Å². The molecule has 0 aromatic rings. The Morgan fingerprint density at radius 1 is 1.56 bits per heavy atom. The van der Waals surface area contributed by atoms with Crippen LogP contribution in [-0.2, 0) is 0 Å². The zero-order valence-corrected chi connectivity index (χ0v) is 6.09. The van der Waals surface area contributed by atoms with Crippen molar-refractivity contribution in [3.8, 4) is 0 Å². The van der Waals surface area contributed by atoms with E-state index in [1.54, 1.807) is 0 Å². The largest absolute Gasteiger partial charge is 0.392 e. The van der Waals surface area contributed by atoms with Crippen molar-refractivity contribution in [1.82, 2.24) is 0 Å². The highest BCUT2D eigenvalue weighted by molar-refractivity contribution is 5.03. The summed E-state index contributed by atoms with van der Waals surface area (Å²) in [5.74, 6) is 0. The molecular weight excluding hydrogens is 112 g/mol. The van der Waals surface area contributed by atoms with Gasteiger partial charge in [0.15, 0.2) is 0 Å². The van der Waals surface area contributed by atoms with Gasteiger partial charge in [-0.1, -0.05) is 23.8 Å². The van der Waals surface area contributed by atoms with Gasteiger partial charge in [-0.05, 0) is 20.3 Å². The quantitative estimate of drug-likeness (QED) is 0.572. The van der Waals surface area contributed by atoms with E-state index in [0.29, 0.717) is 0 Å². The average molecular weight is 126 g/mol. The molecule has 1 nitrogen and oxygen atoms in total. The normalized spacial score (nSPS) is 13.0. The van der Waals surface area contributed by atoms with Gasteiger partial charge < -0.3 is 5.11 Å². The molecule has 0 amide bonds. The first kappa shape index (κ1) is 8.44. The highest BCUT2D eigenvalue weighted by Gasteiger charge is 1.80. The van der Waals surface area contributed by atoms with E-state index in [2.05, 4.69) is 6.08 Å². The van der Waals surface area contributed by atoms with Gasteiger partial charge in [-0.3, -0.25) is 0 Å². The van der Waals surface area contributed by atoms with E-state index in [1.165, 1.54) is 5.57 Å². The molecule has 0 bridgehead atoms. The molecule has 52 valence electrons. The minimum absolute atomic E-state index is 0.156. The molecule has 0 unspecified atom stereocenters. The zero-order chi connectivity index (χ0) is 7.11. The summed E-state index contributed by atoms with van der Waals surface area (Å²) in [6, 6.07) is 0. The van der Waals surface area contributed by atoms with Crippen molar-refractivity contribution in [1.29, 1.82) is 0 Å². The summed E-state index contributed by atoms with van der Waals surface area (Å²) in [5, 5.41) is 8.44. The van der Waals surface area contributed by atoms with Crippen LogP contribution in [-0.4, -0.2) is 11.7 Å². The van der Waals surface area contributed by atoms with Gasteiger partial charge in [0.25, 0.3) is 0 Å². The maximum Gasteiger partial charge on any atom is 0.0615 e. The van der Waals surface area contributed by atoms with Crippen LogP contribution in [0.15, 0.2) is 23.8 Å². The van der Waals surface area contributed by atoms with Crippen LogP contribution in [0.5, 0.6) is 0 Å². The van der Waals surface area contributed by atoms with E-state index in [-0.39, 0.29) is 6.61 Å². The molecule has 0 saturated carbocycles. The Morgan fingerprint density at radius 2 is 2.22 bits per heavy atom. The van der Waals surface area contributed by atoms with Gasteiger partial charge in [0, 0.05) is 0 Å². The fraction of sp³-hybridized carbons (Fsp3) is 0.500. The third-order valence-electron chi connectivity index (χ3n) is 1.12. The fourth-order valence-corrected chi connectivity index (χ4v) is 0.543. The summed E-state index contributed by atoms with van der Waals surface area (Å²) in [5.41, 5.74) is 1.22. The summed E-state index contributed by atoms with van der Waals surface area (Å²) in [6.45, 7) is 4.16. The van der Waals surface area contributed by atoms with Crippen LogP contribution >= 0.6 is 0 Å². The molecule has 0 aliphatic rings. The SMILES string of the molecule is C/C=C/C/C(C)=C/CO. The number of aliphatic hydroxyl groups is 1. The third kappa shape index (κ3) is 5.31. The van der Waals surface area contributed by atoms with Gasteiger partial charge in [-0.15, -0.1) is 0 Å². The Labute approximate surface area is 56.7 Å². The van der Waals surface area contributed by atoms with Crippen LogP contribution in [0.4, 0.5) is 0 Å². The molecule has 0 fully saturated rings. The molecule has 0 spiro atoms. The summed E-state index contributed by atoms with van der Waals surface area (Å²) in [4.78, 5) is 0. The van der Waals surface area contributed by atoms with Crippen molar-refractivity contribution in [3.05, 3.63) is 23.8 Å². The van der Waals surface area contributed by atoms with E-state index in [4.69, 9.17) is 5.11 Å². The Morgan fingerprint density at radius 3 is 2.67 bits per heavy atom. The molecule has 0 radical (unpaired) electrons. The molecule has 1 heteroatoms. The summed E-state index contributed by atoms with van der Waals surface area (Å²) in [6.07, 6.45) is 6.85. The van der Waals surface area contributed by atoms with Crippen molar-refractivity contribution in [2.75, 3.05) is 6.61 Å². The standard InChI is InChI=1S/C8H14O/c1-3-4-5-8(2)6-7-9/h3-4,6,9H,5,7H2,1-2H3/b4-3+,8-6+. The number of hydrogen-bond donors (Lipinski definition) is 1. The Balaban J connectivity index is 3.49. The van der Waals surface area contributed by atoms with E-state index in [9.17, 15) is 0 Å². The van der Waals surface area contributed by atoms with Gasteiger partial charge in [-0.25, -0.2) is 0 Å². The first-order valence-corrected chi connectivity index (χ1v) is 3.19. The summed E-state index contributed by atoms with van der Waals surface area (Å²) >= 11 is 0. The molecule has 0 saturated heterocycles. The van der Waals surface area contributed by atoms with E-state index in [1.807, 2.05) is 26.0 Å². The minimum atomic E-state index is 0.156. The maximum absolute atomic E-state index is 8.44. The number of rotatable bonds is 3. The van der Waals surface area contributed by atoms with Crippen LogP contribution in [0.2, 0.25) is 0 Å². The Kier molecular flexibility index (Phi) is 5.23. The molecular formula is C8H14O. The lowest BCUT2D eigenvalue weighted by molar-refractivity contribution is 0.341. The van der Waals surface area contributed by atoms with Crippen LogP contribution in [0, 0.1) is 0 Å². The van der Waals surface area contributed by atoms with Crippen LogP contribution in [0.3, 0.4) is 0 Å². The molecule has 0 aliphatic carbocycles. The van der Waals surface area contributed by atoms with Crippen molar-refractivity contribution in [3.63, 3.8) is 0 Å². The monoisotopic (exact) mass is 126 g/mol. The van der Waals surface area contributed by atoms with Crippen molar-refractivity contribution < 1.29 is 5.11 Å². The number of hydrogen-bond acceptors (Lipinski definition) is 1. The van der Waals surface area contributed by atoms with Crippen molar-refractivity contribution in [2.24, 2.45) is 0 Å². The molecule has 0 rings (SSSR count). The molecule has 0 aromatic heterocycles. The van der Waals surface area contributed by atoms with Crippen molar-refractivity contribution in [2.45, 2.75) is 20.3 Å². The molecule has 0 heterocycles. The van der Waals surface area contributed by atoms with Gasteiger partial charge in [0.1, 0.15) is 0 Å². The zero-order valence-electron chi connectivity index (χ0n) is 6.09. The Hall–Kier alpha value is -0.560. The molecule has 9 heavy (non-hydrogen) atoms. The predicted molar refractivity (Wildman–Crippen MR) is 40.3 cm³/mol. The lowest BCUT2D eigenvalue weighted by Gasteiger charge is -1.91. The minimum Gasteiger partial charge on any atom is -0.392 e. The van der Waals surface area contributed by atoms with Gasteiger partial charge in [0.2, 0.25) is 0 Å². The first-order chi connectivity index (χ1) is 4.31. The first-order valence-electron chi connectivity index (χ1n) is 3.19. The highest BCUT2D eigenvalue weighted by Crippen LogP contribution is 1.98. The average Bonchev–Trinajstić information content (AvgIpc) is 1.85. The second kappa shape index (κ2) is 5.57. The maximum atomic E-state index is 8.44.